The van der Waals surface area contributed by atoms with Crippen LogP contribution in [0.4, 0.5) is 5.82 Å². The molecule has 0 aliphatic carbocycles. The highest BCUT2D eigenvalue weighted by Crippen LogP contribution is 2.28. The van der Waals surface area contributed by atoms with E-state index in [0.717, 1.165) is 37.3 Å². The topological polar surface area (TPSA) is 58.1 Å². The lowest BCUT2D eigenvalue weighted by Gasteiger charge is -2.33. The summed E-state index contributed by atoms with van der Waals surface area (Å²) in [5.41, 5.74) is 4.21. The van der Waals surface area contributed by atoms with Crippen molar-refractivity contribution in [2.45, 2.75) is 25.7 Å². The Hall–Kier alpha value is -3.21. The summed E-state index contributed by atoms with van der Waals surface area (Å²) < 4.78 is 0. The van der Waals surface area contributed by atoms with E-state index in [1.165, 1.54) is 11.1 Å². The van der Waals surface area contributed by atoms with Crippen molar-refractivity contribution in [1.29, 1.82) is 0 Å². The van der Waals surface area contributed by atoms with Gasteiger partial charge in [-0.2, -0.15) is 0 Å². The number of likely N-dealkylation sites (tertiary alicyclic amines) is 1. The molecule has 0 radical (unpaired) electrons. The van der Waals surface area contributed by atoms with Gasteiger partial charge < -0.3 is 10.2 Å². The van der Waals surface area contributed by atoms with Gasteiger partial charge in [-0.05, 0) is 43.5 Å². The molecule has 1 aliphatic heterocycles. The molecule has 3 aromatic rings. The fraction of sp³-hybridized carbons (Fsp3) is 0.292. The van der Waals surface area contributed by atoms with Crippen molar-refractivity contribution in [3.63, 3.8) is 0 Å². The molecule has 148 valence electrons. The molecule has 5 nitrogen and oxygen atoms in total. The number of benzene rings is 2. The molecule has 1 fully saturated rings. The van der Waals surface area contributed by atoms with E-state index in [9.17, 15) is 4.79 Å². The SMILES string of the molecule is CNc1ccnc(-c2ccc(C(=O)N3CCC[C@@H](c4cccc(C)c4)C3)cc2)n1. The zero-order chi connectivity index (χ0) is 20.2. The van der Waals surface area contributed by atoms with Gasteiger partial charge in [0.25, 0.3) is 5.91 Å². The van der Waals surface area contributed by atoms with Crippen LogP contribution in [0.3, 0.4) is 0 Å². The van der Waals surface area contributed by atoms with E-state index in [-0.39, 0.29) is 5.91 Å². The number of rotatable bonds is 4. The number of nitrogens with zero attached hydrogens (tertiary/aromatic N) is 3. The quantitative estimate of drug-likeness (QED) is 0.717. The summed E-state index contributed by atoms with van der Waals surface area (Å²) in [6.07, 6.45) is 3.89. The molecule has 1 amide bonds. The maximum absolute atomic E-state index is 13.1. The van der Waals surface area contributed by atoms with E-state index in [2.05, 4.69) is 46.5 Å². The number of carbonyl (C=O) groups excluding carboxylic acids is 1. The number of anilines is 1. The van der Waals surface area contributed by atoms with Crippen LogP contribution in [0.15, 0.2) is 60.8 Å². The highest BCUT2D eigenvalue weighted by molar-refractivity contribution is 5.94. The van der Waals surface area contributed by atoms with Crippen LogP contribution < -0.4 is 5.32 Å². The zero-order valence-corrected chi connectivity index (χ0v) is 16.9. The van der Waals surface area contributed by atoms with Gasteiger partial charge in [0.1, 0.15) is 5.82 Å². The van der Waals surface area contributed by atoms with E-state index in [0.29, 0.717) is 17.3 Å². The monoisotopic (exact) mass is 386 g/mol. The van der Waals surface area contributed by atoms with Crippen LogP contribution in [-0.2, 0) is 0 Å². The summed E-state index contributed by atoms with van der Waals surface area (Å²) in [4.78, 5) is 23.9. The van der Waals surface area contributed by atoms with Gasteiger partial charge in [0, 0.05) is 43.4 Å². The number of nitrogens with one attached hydrogen (secondary N) is 1. The van der Waals surface area contributed by atoms with Crippen molar-refractivity contribution in [3.05, 3.63) is 77.5 Å². The fourth-order valence-corrected chi connectivity index (χ4v) is 3.94. The predicted octanol–water partition coefficient (Wildman–Crippen LogP) is 4.51. The average Bonchev–Trinajstić information content (AvgIpc) is 2.79. The van der Waals surface area contributed by atoms with Crippen LogP contribution in [0.25, 0.3) is 11.4 Å². The summed E-state index contributed by atoms with van der Waals surface area (Å²) >= 11 is 0. The number of piperidine rings is 1. The molecule has 1 aliphatic rings. The van der Waals surface area contributed by atoms with E-state index < -0.39 is 0 Å². The first-order valence-electron chi connectivity index (χ1n) is 10.1. The Morgan fingerprint density at radius 2 is 1.97 bits per heavy atom. The van der Waals surface area contributed by atoms with Crippen LogP contribution in [0.5, 0.6) is 0 Å². The summed E-state index contributed by atoms with van der Waals surface area (Å²) in [6, 6.07) is 18.1. The maximum Gasteiger partial charge on any atom is 0.253 e. The lowest BCUT2D eigenvalue weighted by atomic mass is 9.89. The summed E-state index contributed by atoms with van der Waals surface area (Å²) in [7, 11) is 1.83. The van der Waals surface area contributed by atoms with Crippen LogP contribution in [0.1, 0.15) is 40.2 Å². The molecule has 0 unspecified atom stereocenters. The molecule has 2 heterocycles. The lowest BCUT2D eigenvalue weighted by molar-refractivity contribution is 0.0707. The van der Waals surface area contributed by atoms with E-state index in [4.69, 9.17) is 0 Å². The summed E-state index contributed by atoms with van der Waals surface area (Å²) in [5.74, 6) is 1.92. The maximum atomic E-state index is 13.1. The molecule has 1 saturated heterocycles. The van der Waals surface area contributed by atoms with Crippen molar-refractivity contribution in [2.75, 3.05) is 25.5 Å². The zero-order valence-electron chi connectivity index (χ0n) is 16.9. The molecule has 0 saturated carbocycles. The number of carbonyl (C=O) groups is 1. The first kappa shape index (κ1) is 19.1. The summed E-state index contributed by atoms with van der Waals surface area (Å²) in [6.45, 7) is 3.71. The second kappa shape index (κ2) is 8.43. The number of hydrogen-bond acceptors (Lipinski definition) is 4. The standard InChI is InChI=1S/C24H26N4O/c1-17-5-3-6-20(15-17)21-7-4-14-28(16-21)24(29)19-10-8-18(9-11-19)23-26-13-12-22(25-2)27-23/h3,5-6,8-13,15,21H,4,7,14,16H2,1-2H3,(H,25,26,27)/t21-/m1/s1. The van der Waals surface area contributed by atoms with Crippen LogP contribution in [-0.4, -0.2) is 40.9 Å². The molecule has 4 rings (SSSR count). The highest BCUT2D eigenvalue weighted by atomic mass is 16.2. The first-order valence-corrected chi connectivity index (χ1v) is 10.1. The van der Waals surface area contributed by atoms with Gasteiger partial charge in [-0.25, -0.2) is 9.97 Å². The largest absolute Gasteiger partial charge is 0.373 e. The molecule has 29 heavy (non-hydrogen) atoms. The molecule has 1 N–H and O–H groups in total. The minimum Gasteiger partial charge on any atom is -0.373 e. The average molecular weight is 386 g/mol. The lowest BCUT2D eigenvalue weighted by Crippen LogP contribution is -2.39. The van der Waals surface area contributed by atoms with Gasteiger partial charge in [-0.3, -0.25) is 4.79 Å². The van der Waals surface area contributed by atoms with Crippen molar-refractivity contribution < 1.29 is 4.79 Å². The number of hydrogen-bond donors (Lipinski definition) is 1. The molecule has 1 aromatic heterocycles. The molecule has 5 heteroatoms. The molecular formula is C24H26N4O. The van der Waals surface area contributed by atoms with Gasteiger partial charge >= 0.3 is 0 Å². The number of aryl methyl sites for hydroxylation is 1. The van der Waals surface area contributed by atoms with E-state index in [1.807, 2.05) is 42.3 Å². The molecule has 1 atom stereocenters. The van der Waals surface area contributed by atoms with Crippen molar-refractivity contribution in [1.82, 2.24) is 14.9 Å². The normalized spacial score (nSPS) is 16.5. The van der Waals surface area contributed by atoms with Crippen molar-refractivity contribution >= 4 is 11.7 Å². The molecular weight excluding hydrogens is 360 g/mol. The first-order chi connectivity index (χ1) is 14.1. The molecule has 2 aromatic carbocycles. The van der Waals surface area contributed by atoms with E-state index >= 15 is 0 Å². The third-order valence-corrected chi connectivity index (χ3v) is 5.52. The van der Waals surface area contributed by atoms with Gasteiger partial charge in [0.2, 0.25) is 0 Å². The minimum absolute atomic E-state index is 0.0961. The fourth-order valence-electron chi connectivity index (χ4n) is 3.94. The van der Waals surface area contributed by atoms with Crippen LogP contribution in [0, 0.1) is 6.92 Å². The van der Waals surface area contributed by atoms with Crippen LogP contribution >= 0.6 is 0 Å². The van der Waals surface area contributed by atoms with Gasteiger partial charge in [0.05, 0.1) is 0 Å². The Bertz CT molecular complexity index is 1000. The molecule has 0 bridgehead atoms. The van der Waals surface area contributed by atoms with Crippen LogP contribution in [0.2, 0.25) is 0 Å². The summed E-state index contributed by atoms with van der Waals surface area (Å²) in [5, 5.41) is 3.02. The smallest absolute Gasteiger partial charge is 0.253 e. The predicted molar refractivity (Wildman–Crippen MR) is 116 cm³/mol. The van der Waals surface area contributed by atoms with Crippen molar-refractivity contribution in [2.24, 2.45) is 0 Å². The van der Waals surface area contributed by atoms with Crippen molar-refractivity contribution in [3.8, 4) is 11.4 Å². The van der Waals surface area contributed by atoms with Gasteiger partial charge in [-0.15, -0.1) is 0 Å². The Morgan fingerprint density at radius 3 is 2.72 bits per heavy atom. The highest BCUT2D eigenvalue weighted by Gasteiger charge is 2.25. The Labute approximate surface area is 171 Å². The number of aromatic nitrogens is 2. The third kappa shape index (κ3) is 4.29. The third-order valence-electron chi connectivity index (χ3n) is 5.52. The Balaban J connectivity index is 1.49. The second-order valence-corrected chi connectivity index (χ2v) is 7.60. The van der Waals surface area contributed by atoms with Gasteiger partial charge in [0.15, 0.2) is 5.82 Å². The Morgan fingerprint density at radius 1 is 1.14 bits per heavy atom. The number of amides is 1. The Kier molecular flexibility index (Phi) is 5.56. The second-order valence-electron chi connectivity index (χ2n) is 7.60. The minimum atomic E-state index is 0.0961. The van der Waals surface area contributed by atoms with Gasteiger partial charge in [-0.1, -0.05) is 42.0 Å². The molecule has 0 spiro atoms. The van der Waals surface area contributed by atoms with E-state index in [1.54, 1.807) is 6.20 Å².